The van der Waals surface area contributed by atoms with Crippen molar-refractivity contribution in [2.75, 3.05) is 18.6 Å². The number of thioether (sulfide) groups is 1. The molecule has 0 saturated carbocycles. The summed E-state index contributed by atoms with van der Waals surface area (Å²) >= 11 is 7.10. The van der Waals surface area contributed by atoms with Crippen LogP contribution in [0.1, 0.15) is 0 Å². The molecule has 0 saturated heterocycles. The number of rotatable bonds is 6. The number of hydrogen-bond acceptors (Lipinski definition) is 5. The first kappa shape index (κ1) is 15.2. The number of nitro groups is 1. The Morgan fingerprint density at radius 1 is 1.50 bits per heavy atom. The Kier molecular flexibility index (Phi) is 5.39. The standard InChI is InChI=1S/C9H11ClN2O4S2/c1-17-5-4-11-18(15,16)7-2-3-8(10)9(6-7)12(13)14/h2-3,6,11H,4-5H2,1H3. The van der Waals surface area contributed by atoms with Crippen LogP contribution in [0.3, 0.4) is 0 Å². The number of nitro benzene ring substituents is 1. The number of hydrogen-bond donors (Lipinski definition) is 1. The van der Waals surface area contributed by atoms with Crippen LogP contribution in [-0.4, -0.2) is 31.9 Å². The Bertz CT molecular complexity index is 547. The molecule has 0 unspecified atom stereocenters. The summed E-state index contributed by atoms with van der Waals surface area (Å²) in [5.74, 6) is 0.620. The van der Waals surface area contributed by atoms with E-state index in [-0.39, 0.29) is 16.5 Å². The summed E-state index contributed by atoms with van der Waals surface area (Å²) in [6.45, 7) is 0.264. The lowest BCUT2D eigenvalue weighted by Gasteiger charge is -2.06. The number of sulfonamides is 1. The second-order valence-corrected chi connectivity index (χ2v) is 6.42. The van der Waals surface area contributed by atoms with Crippen LogP contribution in [0.25, 0.3) is 0 Å². The highest BCUT2D eigenvalue weighted by atomic mass is 35.5. The fourth-order valence-electron chi connectivity index (χ4n) is 1.16. The van der Waals surface area contributed by atoms with Crippen molar-refractivity contribution in [3.63, 3.8) is 0 Å². The minimum atomic E-state index is -3.73. The molecule has 0 bridgehead atoms. The molecule has 0 fully saturated rings. The molecule has 0 atom stereocenters. The summed E-state index contributed by atoms with van der Waals surface area (Å²) in [6, 6.07) is 3.38. The van der Waals surface area contributed by atoms with Crippen molar-refractivity contribution in [2.45, 2.75) is 4.90 Å². The third kappa shape index (κ3) is 3.84. The second kappa shape index (κ2) is 6.37. The molecule has 1 rings (SSSR count). The Hall–Kier alpha value is -0.830. The molecule has 18 heavy (non-hydrogen) atoms. The van der Waals surface area contributed by atoms with E-state index in [2.05, 4.69) is 4.72 Å². The van der Waals surface area contributed by atoms with Crippen molar-refractivity contribution in [2.24, 2.45) is 0 Å². The van der Waals surface area contributed by atoms with Crippen LogP contribution >= 0.6 is 23.4 Å². The first-order valence-corrected chi connectivity index (χ1v) is 8.06. The first-order valence-electron chi connectivity index (χ1n) is 4.81. The first-order chi connectivity index (χ1) is 8.38. The average molecular weight is 311 g/mol. The molecule has 0 spiro atoms. The van der Waals surface area contributed by atoms with E-state index >= 15 is 0 Å². The highest BCUT2D eigenvalue weighted by molar-refractivity contribution is 7.98. The molecule has 0 amide bonds. The zero-order chi connectivity index (χ0) is 13.8. The minimum Gasteiger partial charge on any atom is -0.258 e. The van der Waals surface area contributed by atoms with Gasteiger partial charge < -0.3 is 0 Å². The van der Waals surface area contributed by atoms with Crippen LogP contribution in [0, 0.1) is 10.1 Å². The van der Waals surface area contributed by atoms with E-state index < -0.39 is 20.6 Å². The highest BCUT2D eigenvalue weighted by Gasteiger charge is 2.20. The predicted octanol–water partition coefficient (Wildman–Crippen LogP) is 1.89. The lowest BCUT2D eigenvalue weighted by atomic mass is 10.3. The molecule has 0 aliphatic heterocycles. The van der Waals surface area contributed by atoms with E-state index in [1.807, 2.05) is 6.26 Å². The van der Waals surface area contributed by atoms with Gasteiger partial charge in [-0.15, -0.1) is 0 Å². The molecule has 0 aromatic heterocycles. The molecular weight excluding hydrogens is 300 g/mol. The summed E-state index contributed by atoms with van der Waals surface area (Å²) in [5, 5.41) is 10.6. The lowest BCUT2D eigenvalue weighted by molar-refractivity contribution is -0.384. The molecule has 0 radical (unpaired) electrons. The van der Waals surface area contributed by atoms with Crippen molar-refractivity contribution in [1.29, 1.82) is 0 Å². The predicted molar refractivity (Wildman–Crippen MR) is 71.7 cm³/mol. The smallest absolute Gasteiger partial charge is 0.258 e. The summed E-state index contributed by atoms with van der Waals surface area (Å²) in [6.07, 6.45) is 1.85. The summed E-state index contributed by atoms with van der Waals surface area (Å²) < 4.78 is 26.0. The monoisotopic (exact) mass is 310 g/mol. The molecule has 1 N–H and O–H groups in total. The van der Waals surface area contributed by atoms with E-state index in [9.17, 15) is 18.5 Å². The van der Waals surface area contributed by atoms with Gasteiger partial charge in [0.15, 0.2) is 0 Å². The average Bonchev–Trinajstić information content (AvgIpc) is 2.29. The maximum Gasteiger partial charge on any atom is 0.289 e. The third-order valence-corrected chi connectivity index (χ3v) is 4.41. The van der Waals surface area contributed by atoms with Gasteiger partial charge in [-0.25, -0.2) is 13.1 Å². The minimum absolute atomic E-state index is 0.0944. The molecule has 0 heterocycles. The van der Waals surface area contributed by atoms with Gasteiger partial charge >= 0.3 is 0 Å². The van der Waals surface area contributed by atoms with Crippen molar-refractivity contribution in [3.8, 4) is 0 Å². The summed E-state index contributed by atoms with van der Waals surface area (Å²) in [4.78, 5) is 9.78. The maximum absolute atomic E-state index is 11.8. The van der Waals surface area contributed by atoms with E-state index in [1.54, 1.807) is 0 Å². The molecule has 0 aliphatic rings. The second-order valence-electron chi connectivity index (χ2n) is 3.26. The van der Waals surface area contributed by atoms with Crippen molar-refractivity contribution >= 4 is 39.1 Å². The molecule has 100 valence electrons. The van der Waals surface area contributed by atoms with E-state index in [0.29, 0.717) is 5.75 Å². The third-order valence-electron chi connectivity index (χ3n) is 2.02. The van der Waals surface area contributed by atoms with Crippen LogP contribution in [0.15, 0.2) is 23.1 Å². The van der Waals surface area contributed by atoms with Crippen LogP contribution < -0.4 is 4.72 Å². The van der Waals surface area contributed by atoms with Crippen molar-refractivity contribution in [3.05, 3.63) is 33.3 Å². The van der Waals surface area contributed by atoms with Crippen LogP contribution in [-0.2, 0) is 10.0 Å². The topological polar surface area (TPSA) is 89.3 Å². The van der Waals surface area contributed by atoms with Gasteiger partial charge in [0, 0.05) is 18.4 Å². The summed E-state index contributed by atoms with van der Waals surface area (Å²) in [5.41, 5.74) is -0.426. The zero-order valence-corrected chi connectivity index (χ0v) is 11.8. The van der Waals surface area contributed by atoms with E-state index in [1.165, 1.54) is 23.9 Å². The Balaban J connectivity index is 3.02. The van der Waals surface area contributed by atoms with Gasteiger partial charge in [0.25, 0.3) is 5.69 Å². The number of benzene rings is 1. The largest absolute Gasteiger partial charge is 0.289 e. The quantitative estimate of drug-likeness (QED) is 0.492. The molecule has 1 aromatic rings. The van der Waals surface area contributed by atoms with Gasteiger partial charge in [-0.05, 0) is 18.4 Å². The van der Waals surface area contributed by atoms with E-state index in [0.717, 1.165) is 6.07 Å². The molecule has 1 aromatic carbocycles. The van der Waals surface area contributed by atoms with Gasteiger partial charge in [0.1, 0.15) is 5.02 Å². The molecular formula is C9H11ClN2O4S2. The SMILES string of the molecule is CSCCNS(=O)(=O)c1ccc(Cl)c([N+](=O)[O-])c1. The van der Waals surface area contributed by atoms with Gasteiger partial charge in [0.2, 0.25) is 10.0 Å². The Morgan fingerprint density at radius 3 is 2.72 bits per heavy atom. The van der Waals surface area contributed by atoms with Crippen LogP contribution in [0.5, 0.6) is 0 Å². The highest BCUT2D eigenvalue weighted by Crippen LogP contribution is 2.26. The molecule has 6 nitrogen and oxygen atoms in total. The van der Waals surface area contributed by atoms with Gasteiger partial charge in [0.05, 0.1) is 9.82 Å². The van der Waals surface area contributed by atoms with E-state index in [4.69, 9.17) is 11.6 Å². The fourth-order valence-corrected chi connectivity index (χ4v) is 2.83. The number of nitrogens with zero attached hydrogens (tertiary/aromatic N) is 1. The van der Waals surface area contributed by atoms with Crippen molar-refractivity contribution in [1.82, 2.24) is 4.72 Å². The number of nitrogens with one attached hydrogen (secondary N) is 1. The number of halogens is 1. The van der Waals surface area contributed by atoms with Crippen molar-refractivity contribution < 1.29 is 13.3 Å². The normalized spacial score (nSPS) is 11.4. The maximum atomic E-state index is 11.8. The molecule has 0 aliphatic carbocycles. The zero-order valence-electron chi connectivity index (χ0n) is 9.42. The fraction of sp³-hybridized carbons (Fsp3) is 0.333. The Morgan fingerprint density at radius 2 is 2.17 bits per heavy atom. The molecule has 9 heteroatoms. The van der Waals surface area contributed by atoms with Gasteiger partial charge in [-0.2, -0.15) is 11.8 Å². The van der Waals surface area contributed by atoms with Gasteiger partial charge in [-0.3, -0.25) is 10.1 Å². The Labute approximate surface area is 114 Å². The van der Waals surface area contributed by atoms with Gasteiger partial charge in [-0.1, -0.05) is 11.6 Å². The van der Waals surface area contributed by atoms with Crippen LogP contribution in [0.2, 0.25) is 5.02 Å². The van der Waals surface area contributed by atoms with Crippen LogP contribution in [0.4, 0.5) is 5.69 Å². The summed E-state index contributed by atoms with van der Waals surface area (Å²) in [7, 11) is -3.73. The lowest BCUT2D eigenvalue weighted by Crippen LogP contribution is -2.26.